The summed E-state index contributed by atoms with van der Waals surface area (Å²) in [5.74, 6) is -0.991. The molecule has 1 saturated heterocycles. The Morgan fingerprint density at radius 3 is 2.74 bits per heavy atom. The molecule has 164 valence electrons. The number of amides is 1. The predicted octanol–water partition coefficient (Wildman–Crippen LogP) is 1.81. The van der Waals surface area contributed by atoms with Gasteiger partial charge in [-0.3, -0.25) is 4.79 Å². The third kappa shape index (κ3) is 4.80. The van der Waals surface area contributed by atoms with Gasteiger partial charge in [-0.2, -0.15) is 18.3 Å². The molecular weight excluding hydrogens is 420 g/mol. The molecule has 12 heteroatoms. The van der Waals surface area contributed by atoms with Gasteiger partial charge >= 0.3 is 6.18 Å². The van der Waals surface area contributed by atoms with Gasteiger partial charge in [-0.1, -0.05) is 6.08 Å². The van der Waals surface area contributed by atoms with E-state index in [0.29, 0.717) is 25.0 Å². The molecule has 0 saturated carbocycles. The van der Waals surface area contributed by atoms with Gasteiger partial charge in [0.2, 0.25) is 0 Å². The van der Waals surface area contributed by atoms with Crippen LogP contribution in [0.25, 0.3) is 5.82 Å². The Labute approximate surface area is 174 Å². The molecule has 1 aliphatic heterocycles. The number of nitrogens with one attached hydrogen (secondary N) is 2. The number of halogens is 4. The molecule has 3 atom stereocenters. The van der Waals surface area contributed by atoms with Crippen LogP contribution < -0.4 is 10.6 Å². The van der Waals surface area contributed by atoms with Crippen LogP contribution in [-0.4, -0.2) is 57.6 Å². The number of allylic oxidation sites excluding steroid dienone is 2. The molecule has 2 aliphatic rings. The van der Waals surface area contributed by atoms with Crippen LogP contribution >= 0.6 is 0 Å². The lowest BCUT2D eigenvalue weighted by atomic mass is 9.91. The standard InChI is InChI=1S/C19H18F4N6O2/c20-14-5-12(1-2-13(14)15-7-24-3-4-31-15)28-18(30)11-6-27-29(10-11)17-9-25-16(8-26-17)19(21,22)23/h1-2,5-6,8-10,13-15,24H,3-4,7H2,(H,28,30)/t13?,14?,15-/m1/s1. The number of alkyl halides is 4. The summed E-state index contributed by atoms with van der Waals surface area (Å²) in [6.07, 6.45) is 2.38. The first-order chi connectivity index (χ1) is 14.8. The Morgan fingerprint density at radius 2 is 2.10 bits per heavy atom. The van der Waals surface area contributed by atoms with Crippen LogP contribution in [0.15, 0.2) is 48.7 Å². The first kappa shape index (κ1) is 21.1. The minimum Gasteiger partial charge on any atom is -0.375 e. The van der Waals surface area contributed by atoms with Crippen LogP contribution in [0.1, 0.15) is 16.1 Å². The summed E-state index contributed by atoms with van der Waals surface area (Å²) in [6.45, 7) is 1.80. The van der Waals surface area contributed by atoms with Crippen molar-refractivity contribution in [2.75, 3.05) is 19.7 Å². The molecule has 0 bridgehead atoms. The molecule has 2 unspecified atom stereocenters. The van der Waals surface area contributed by atoms with Gasteiger partial charge < -0.3 is 15.4 Å². The van der Waals surface area contributed by atoms with Gasteiger partial charge in [-0.05, 0) is 12.2 Å². The van der Waals surface area contributed by atoms with E-state index < -0.39 is 29.9 Å². The molecular formula is C19H18F4N6O2. The Hall–Kier alpha value is -3.12. The highest BCUT2D eigenvalue weighted by Crippen LogP contribution is 2.27. The summed E-state index contributed by atoms with van der Waals surface area (Å²) in [5, 5.41) is 9.65. The normalized spacial score (nSPS) is 24.0. The maximum absolute atomic E-state index is 14.6. The van der Waals surface area contributed by atoms with Crippen LogP contribution in [0.4, 0.5) is 17.6 Å². The van der Waals surface area contributed by atoms with E-state index in [1.165, 1.54) is 18.5 Å². The molecule has 2 aromatic rings. The predicted molar refractivity (Wildman–Crippen MR) is 99.8 cm³/mol. The van der Waals surface area contributed by atoms with Crippen molar-refractivity contribution >= 4 is 5.91 Å². The van der Waals surface area contributed by atoms with E-state index in [4.69, 9.17) is 4.74 Å². The van der Waals surface area contributed by atoms with Crippen LogP contribution in [0, 0.1) is 5.92 Å². The highest BCUT2D eigenvalue weighted by atomic mass is 19.4. The molecule has 0 spiro atoms. The average molecular weight is 438 g/mol. The van der Waals surface area contributed by atoms with Gasteiger partial charge in [0, 0.05) is 30.9 Å². The molecule has 2 N–H and O–H groups in total. The van der Waals surface area contributed by atoms with E-state index in [1.54, 1.807) is 12.2 Å². The second kappa shape index (κ2) is 8.55. The average Bonchev–Trinajstić information content (AvgIpc) is 3.24. The zero-order valence-corrected chi connectivity index (χ0v) is 16.0. The largest absolute Gasteiger partial charge is 0.434 e. The number of carbonyl (C=O) groups excluding carboxylic acids is 1. The molecule has 2 aromatic heterocycles. The molecule has 0 radical (unpaired) electrons. The summed E-state index contributed by atoms with van der Waals surface area (Å²) in [4.78, 5) is 19.4. The Morgan fingerprint density at radius 1 is 1.26 bits per heavy atom. The summed E-state index contributed by atoms with van der Waals surface area (Å²) >= 11 is 0. The fraction of sp³-hybridized carbons (Fsp3) is 0.368. The van der Waals surface area contributed by atoms with Crippen LogP contribution in [-0.2, 0) is 10.9 Å². The molecule has 31 heavy (non-hydrogen) atoms. The maximum Gasteiger partial charge on any atom is 0.434 e. The molecule has 8 nitrogen and oxygen atoms in total. The van der Waals surface area contributed by atoms with Gasteiger partial charge in [-0.25, -0.2) is 19.0 Å². The number of nitrogens with zero attached hydrogens (tertiary/aromatic N) is 4. The fourth-order valence-electron chi connectivity index (χ4n) is 3.26. The van der Waals surface area contributed by atoms with Crippen molar-refractivity contribution in [1.29, 1.82) is 0 Å². The van der Waals surface area contributed by atoms with Crippen LogP contribution in [0.5, 0.6) is 0 Å². The van der Waals surface area contributed by atoms with Crippen molar-refractivity contribution < 1.29 is 27.1 Å². The minimum absolute atomic E-state index is 0.0107. The molecule has 0 aromatic carbocycles. The van der Waals surface area contributed by atoms with E-state index in [9.17, 15) is 22.4 Å². The van der Waals surface area contributed by atoms with E-state index in [2.05, 4.69) is 25.7 Å². The SMILES string of the molecule is O=C(NC1=CC(F)C([C@H]2CNCCO2)C=C1)c1cnn(-c2cnc(C(F)(F)F)cn2)c1. The third-order valence-electron chi connectivity index (χ3n) is 4.86. The zero-order valence-electron chi connectivity index (χ0n) is 16.0. The number of rotatable bonds is 4. The summed E-state index contributed by atoms with van der Waals surface area (Å²) in [5.41, 5.74) is -0.723. The lowest BCUT2D eigenvalue weighted by Gasteiger charge is -2.32. The van der Waals surface area contributed by atoms with Gasteiger partial charge in [0.05, 0.1) is 36.9 Å². The smallest absolute Gasteiger partial charge is 0.375 e. The quantitative estimate of drug-likeness (QED) is 0.708. The fourth-order valence-corrected chi connectivity index (χ4v) is 3.26. The summed E-state index contributed by atoms with van der Waals surface area (Å²) in [7, 11) is 0. The number of aromatic nitrogens is 4. The van der Waals surface area contributed by atoms with Crippen molar-refractivity contribution in [3.8, 4) is 5.82 Å². The molecule has 1 amide bonds. The first-order valence-electron chi connectivity index (χ1n) is 9.43. The molecule has 4 rings (SSSR count). The van der Waals surface area contributed by atoms with E-state index in [0.717, 1.165) is 17.4 Å². The summed E-state index contributed by atoms with van der Waals surface area (Å²) < 4.78 is 59.0. The van der Waals surface area contributed by atoms with Crippen LogP contribution in [0.3, 0.4) is 0 Å². The highest BCUT2D eigenvalue weighted by molar-refractivity contribution is 5.95. The molecule has 1 fully saturated rings. The topological polar surface area (TPSA) is 94.0 Å². The van der Waals surface area contributed by atoms with Crippen molar-refractivity contribution in [3.63, 3.8) is 0 Å². The van der Waals surface area contributed by atoms with Gasteiger partial charge in [0.15, 0.2) is 11.5 Å². The Kier molecular flexibility index (Phi) is 5.83. The van der Waals surface area contributed by atoms with Crippen LogP contribution in [0.2, 0.25) is 0 Å². The van der Waals surface area contributed by atoms with E-state index >= 15 is 0 Å². The highest BCUT2D eigenvalue weighted by Gasteiger charge is 2.33. The van der Waals surface area contributed by atoms with Gasteiger partial charge in [-0.15, -0.1) is 0 Å². The van der Waals surface area contributed by atoms with Gasteiger partial charge in [0.1, 0.15) is 6.17 Å². The first-order valence-corrected chi connectivity index (χ1v) is 9.43. The Balaban J connectivity index is 1.40. The molecule has 1 aliphatic carbocycles. The maximum atomic E-state index is 14.6. The monoisotopic (exact) mass is 438 g/mol. The second-order valence-corrected chi connectivity index (χ2v) is 7.00. The molecule has 3 heterocycles. The zero-order chi connectivity index (χ0) is 22.0. The second-order valence-electron chi connectivity index (χ2n) is 7.00. The summed E-state index contributed by atoms with van der Waals surface area (Å²) in [6, 6.07) is 0. The third-order valence-corrected chi connectivity index (χ3v) is 4.86. The number of hydrogen-bond donors (Lipinski definition) is 2. The van der Waals surface area contributed by atoms with E-state index in [1.807, 2.05) is 0 Å². The Bertz CT molecular complexity index is 996. The van der Waals surface area contributed by atoms with Crippen molar-refractivity contribution in [3.05, 3.63) is 60.0 Å². The van der Waals surface area contributed by atoms with Crippen molar-refractivity contribution in [2.24, 2.45) is 5.92 Å². The van der Waals surface area contributed by atoms with Crippen molar-refractivity contribution in [2.45, 2.75) is 18.5 Å². The van der Waals surface area contributed by atoms with Crippen molar-refractivity contribution in [1.82, 2.24) is 30.4 Å². The van der Waals surface area contributed by atoms with E-state index in [-0.39, 0.29) is 17.5 Å². The lowest BCUT2D eigenvalue weighted by Crippen LogP contribution is -2.45. The number of morpholine rings is 1. The number of carbonyl (C=O) groups is 1. The minimum atomic E-state index is -4.60. The number of ether oxygens (including phenoxy) is 1. The number of hydrogen-bond acceptors (Lipinski definition) is 6. The lowest BCUT2D eigenvalue weighted by molar-refractivity contribution is -0.141. The van der Waals surface area contributed by atoms with Gasteiger partial charge in [0.25, 0.3) is 5.91 Å².